The summed E-state index contributed by atoms with van der Waals surface area (Å²) in [7, 11) is 1.65. The van der Waals surface area contributed by atoms with Crippen molar-refractivity contribution in [2.75, 3.05) is 26.9 Å². The molecule has 0 bridgehead atoms. The van der Waals surface area contributed by atoms with Gasteiger partial charge in [-0.2, -0.15) is 0 Å². The van der Waals surface area contributed by atoms with Crippen LogP contribution >= 0.6 is 0 Å². The van der Waals surface area contributed by atoms with Gasteiger partial charge in [-0.1, -0.05) is 13.8 Å². The molecule has 0 spiro atoms. The highest BCUT2D eigenvalue weighted by Gasteiger charge is 2.25. The second kappa shape index (κ2) is 9.64. The van der Waals surface area contributed by atoms with Crippen LogP contribution < -0.4 is 14.8 Å². The van der Waals surface area contributed by atoms with E-state index in [2.05, 4.69) is 19.2 Å². The summed E-state index contributed by atoms with van der Waals surface area (Å²) in [5, 5.41) is 13.1. The normalized spacial score (nSPS) is 13.7. The first-order valence-corrected chi connectivity index (χ1v) is 7.82. The molecular weight excluding hydrogens is 266 g/mol. The lowest BCUT2D eigenvalue weighted by Crippen LogP contribution is -2.48. The number of methoxy groups -OCH3 is 1. The molecule has 1 aromatic rings. The zero-order chi connectivity index (χ0) is 15.6. The summed E-state index contributed by atoms with van der Waals surface area (Å²) in [4.78, 5) is 0. The number of aliphatic hydroxyl groups is 1. The van der Waals surface area contributed by atoms with E-state index in [1.54, 1.807) is 7.11 Å². The summed E-state index contributed by atoms with van der Waals surface area (Å²) in [6.07, 6.45) is 3.82. The van der Waals surface area contributed by atoms with E-state index in [1.165, 1.54) is 0 Å². The van der Waals surface area contributed by atoms with Gasteiger partial charge in [0.2, 0.25) is 0 Å². The molecule has 1 unspecified atom stereocenters. The number of aliphatic hydroxyl groups excluding tert-OH is 1. The van der Waals surface area contributed by atoms with Gasteiger partial charge < -0.3 is 19.9 Å². The van der Waals surface area contributed by atoms with Gasteiger partial charge in [0, 0.05) is 5.54 Å². The molecule has 0 fully saturated rings. The van der Waals surface area contributed by atoms with Crippen LogP contribution in [0.5, 0.6) is 11.5 Å². The minimum Gasteiger partial charge on any atom is -0.497 e. The predicted molar refractivity (Wildman–Crippen MR) is 86.1 cm³/mol. The Hall–Kier alpha value is -1.26. The molecule has 0 aliphatic rings. The molecule has 1 aromatic carbocycles. The number of ether oxygens (including phenoxy) is 2. The molecule has 2 N–H and O–H groups in total. The Balaban J connectivity index is 2.36. The molecule has 0 saturated carbocycles. The summed E-state index contributed by atoms with van der Waals surface area (Å²) in [5.41, 5.74) is -0.167. The maximum atomic E-state index is 9.66. The number of hydrogen-bond donors (Lipinski definition) is 2. The summed E-state index contributed by atoms with van der Waals surface area (Å²) in [6, 6.07) is 7.60. The van der Waals surface area contributed by atoms with Gasteiger partial charge in [-0.3, -0.25) is 0 Å². The summed E-state index contributed by atoms with van der Waals surface area (Å²) in [5.74, 6) is 1.68. The third-order valence-electron chi connectivity index (χ3n) is 3.86. The molecule has 0 aromatic heterocycles. The van der Waals surface area contributed by atoms with E-state index >= 15 is 0 Å². The Morgan fingerprint density at radius 2 is 1.81 bits per heavy atom. The van der Waals surface area contributed by atoms with E-state index in [-0.39, 0.29) is 12.1 Å². The topological polar surface area (TPSA) is 50.7 Å². The fourth-order valence-corrected chi connectivity index (χ4v) is 2.30. The Bertz CT molecular complexity index is 374. The second-order valence-corrected chi connectivity index (χ2v) is 5.35. The van der Waals surface area contributed by atoms with Crippen LogP contribution in [0.25, 0.3) is 0 Å². The Morgan fingerprint density at radius 1 is 1.14 bits per heavy atom. The molecule has 1 rings (SSSR count). The lowest BCUT2D eigenvalue weighted by atomic mass is 9.91. The van der Waals surface area contributed by atoms with Gasteiger partial charge in [-0.15, -0.1) is 0 Å². The van der Waals surface area contributed by atoms with E-state index in [1.807, 2.05) is 24.3 Å². The smallest absolute Gasteiger partial charge is 0.119 e. The van der Waals surface area contributed by atoms with E-state index in [0.717, 1.165) is 43.7 Å². The summed E-state index contributed by atoms with van der Waals surface area (Å²) < 4.78 is 10.8. The van der Waals surface area contributed by atoms with E-state index in [0.29, 0.717) is 6.61 Å². The van der Waals surface area contributed by atoms with Crippen LogP contribution in [0.3, 0.4) is 0 Å². The first-order chi connectivity index (χ1) is 10.2. The summed E-state index contributed by atoms with van der Waals surface area (Å²) >= 11 is 0. The van der Waals surface area contributed by atoms with Crippen LogP contribution in [0.15, 0.2) is 24.3 Å². The third kappa shape index (κ3) is 5.94. The first kappa shape index (κ1) is 17.8. The molecule has 21 heavy (non-hydrogen) atoms. The summed E-state index contributed by atoms with van der Waals surface area (Å²) in [6.45, 7) is 6.02. The average Bonchev–Trinajstić information content (AvgIpc) is 2.55. The fraction of sp³-hybridized carbons (Fsp3) is 0.647. The number of hydrogen-bond acceptors (Lipinski definition) is 4. The van der Waals surface area contributed by atoms with Crippen molar-refractivity contribution in [3.63, 3.8) is 0 Å². The van der Waals surface area contributed by atoms with Crippen molar-refractivity contribution in [3.8, 4) is 11.5 Å². The van der Waals surface area contributed by atoms with Crippen molar-refractivity contribution in [1.82, 2.24) is 5.32 Å². The molecule has 0 aliphatic heterocycles. The SMILES string of the molecule is CCCNC(CC)(CO)CCCOc1ccc(OC)cc1. The van der Waals surface area contributed by atoms with Crippen LogP contribution in [0, 0.1) is 0 Å². The number of rotatable bonds is 11. The van der Waals surface area contributed by atoms with Gasteiger partial charge in [0.05, 0.1) is 20.3 Å². The monoisotopic (exact) mass is 295 g/mol. The molecule has 1 atom stereocenters. The molecule has 0 radical (unpaired) electrons. The van der Waals surface area contributed by atoms with Gasteiger partial charge in [-0.25, -0.2) is 0 Å². The molecular formula is C17H29NO3. The van der Waals surface area contributed by atoms with Crippen molar-refractivity contribution in [3.05, 3.63) is 24.3 Å². The molecule has 4 nitrogen and oxygen atoms in total. The van der Waals surface area contributed by atoms with Crippen molar-refractivity contribution in [2.45, 2.75) is 45.1 Å². The van der Waals surface area contributed by atoms with Crippen LogP contribution in [-0.2, 0) is 0 Å². The van der Waals surface area contributed by atoms with Gasteiger partial charge in [-0.05, 0) is 56.5 Å². The van der Waals surface area contributed by atoms with Crippen molar-refractivity contribution in [2.24, 2.45) is 0 Å². The van der Waals surface area contributed by atoms with Gasteiger partial charge in [0.25, 0.3) is 0 Å². The molecule has 120 valence electrons. The fourth-order valence-electron chi connectivity index (χ4n) is 2.30. The van der Waals surface area contributed by atoms with Gasteiger partial charge >= 0.3 is 0 Å². The predicted octanol–water partition coefficient (Wildman–Crippen LogP) is 2.99. The first-order valence-electron chi connectivity index (χ1n) is 7.82. The number of benzene rings is 1. The minimum atomic E-state index is -0.167. The highest BCUT2D eigenvalue weighted by Crippen LogP contribution is 2.20. The Morgan fingerprint density at radius 3 is 2.33 bits per heavy atom. The zero-order valence-corrected chi connectivity index (χ0v) is 13.5. The third-order valence-corrected chi connectivity index (χ3v) is 3.86. The molecule has 0 heterocycles. The average molecular weight is 295 g/mol. The Kier molecular flexibility index (Phi) is 8.16. The largest absolute Gasteiger partial charge is 0.497 e. The Labute approximate surface area is 128 Å². The van der Waals surface area contributed by atoms with Crippen LogP contribution in [0.2, 0.25) is 0 Å². The molecule has 0 aliphatic carbocycles. The van der Waals surface area contributed by atoms with Crippen molar-refractivity contribution >= 4 is 0 Å². The maximum Gasteiger partial charge on any atom is 0.119 e. The second-order valence-electron chi connectivity index (χ2n) is 5.35. The van der Waals surface area contributed by atoms with Crippen molar-refractivity contribution < 1.29 is 14.6 Å². The molecule has 4 heteroatoms. The highest BCUT2D eigenvalue weighted by atomic mass is 16.5. The van der Waals surface area contributed by atoms with Gasteiger partial charge in [0.1, 0.15) is 11.5 Å². The van der Waals surface area contributed by atoms with Crippen LogP contribution in [-0.4, -0.2) is 37.5 Å². The van der Waals surface area contributed by atoms with E-state index in [9.17, 15) is 5.11 Å². The van der Waals surface area contributed by atoms with Crippen LogP contribution in [0.4, 0.5) is 0 Å². The van der Waals surface area contributed by atoms with Crippen molar-refractivity contribution in [1.29, 1.82) is 0 Å². The molecule has 0 saturated heterocycles. The van der Waals surface area contributed by atoms with E-state index in [4.69, 9.17) is 9.47 Å². The standard InChI is InChI=1S/C17H29NO3/c1-4-12-18-17(5-2,14-19)11-6-13-21-16-9-7-15(20-3)8-10-16/h7-10,18-19H,4-6,11-14H2,1-3H3. The minimum absolute atomic E-state index is 0.167. The highest BCUT2D eigenvalue weighted by molar-refractivity contribution is 5.31. The maximum absolute atomic E-state index is 9.66. The van der Waals surface area contributed by atoms with Crippen LogP contribution in [0.1, 0.15) is 39.5 Å². The quantitative estimate of drug-likeness (QED) is 0.616. The lowest BCUT2D eigenvalue weighted by Gasteiger charge is -2.32. The lowest BCUT2D eigenvalue weighted by molar-refractivity contribution is 0.138. The molecule has 0 amide bonds. The van der Waals surface area contributed by atoms with Gasteiger partial charge in [0.15, 0.2) is 0 Å². The zero-order valence-electron chi connectivity index (χ0n) is 13.5. The van der Waals surface area contributed by atoms with E-state index < -0.39 is 0 Å². The number of nitrogens with one attached hydrogen (secondary N) is 1.